The fourth-order valence-corrected chi connectivity index (χ4v) is 8.32. The molecule has 4 amide bonds. The van der Waals surface area contributed by atoms with E-state index in [-0.39, 0.29) is 56.4 Å². The predicted molar refractivity (Wildman–Crippen MR) is 237 cm³/mol. The van der Waals surface area contributed by atoms with E-state index in [0.717, 1.165) is 45.1 Å². The number of anilines is 1. The summed E-state index contributed by atoms with van der Waals surface area (Å²) in [5.74, 6) is -1.57. The number of rotatable bonds is 18. The predicted octanol–water partition coefficient (Wildman–Crippen LogP) is 5.74. The van der Waals surface area contributed by atoms with Crippen molar-refractivity contribution in [1.29, 1.82) is 0 Å². The van der Waals surface area contributed by atoms with Crippen molar-refractivity contribution < 1.29 is 34.1 Å². The molecule has 2 aliphatic rings. The normalized spacial score (nSPS) is 16.5. The Morgan fingerprint density at radius 3 is 2.11 bits per heavy atom. The molecule has 4 aromatic carbocycles. The maximum atomic E-state index is 14.6. The Morgan fingerprint density at radius 1 is 0.836 bits per heavy atom. The highest BCUT2D eigenvalue weighted by atomic mass is 16.5. The summed E-state index contributed by atoms with van der Waals surface area (Å²) in [5.41, 5.74) is 11.6. The molecule has 6 rings (SSSR count). The third-order valence-corrected chi connectivity index (χ3v) is 11.8. The van der Waals surface area contributed by atoms with Gasteiger partial charge in [-0.1, -0.05) is 119 Å². The van der Waals surface area contributed by atoms with Crippen molar-refractivity contribution >= 4 is 40.3 Å². The van der Waals surface area contributed by atoms with E-state index in [0.29, 0.717) is 12.1 Å². The molecule has 6 atom stereocenters. The van der Waals surface area contributed by atoms with Gasteiger partial charge in [0.15, 0.2) is 0 Å². The molecule has 1 heterocycles. The van der Waals surface area contributed by atoms with Crippen LogP contribution in [0.4, 0.5) is 10.5 Å². The highest BCUT2D eigenvalue weighted by Gasteiger charge is 2.36. The number of nitrogens with one attached hydrogen (secondary N) is 3. The summed E-state index contributed by atoms with van der Waals surface area (Å²) in [6, 6.07) is 26.3. The van der Waals surface area contributed by atoms with E-state index in [2.05, 4.69) is 16.0 Å². The van der Waals surface area contributed by atoms with Crippen molar-refractivity contribution in [2.75, 3.05) is 24.8 Å². The van der Waals surface area contributed by atoms with Gasteiger partial charge in [0.1, 0.15) is 19.3 Å². The van der Waals surface area contributed by atoms with Crippen LogP contribution in [0.15, 0.2) is 103 Å². The molecule has 0 fully saturated rings. The number of hydrogen-bond acceptors (Lipinski definition) is 9. The van der Waals surface area contributed by atoms with Gasteiger partial charge in [-0.25, -0.2) is 4.79 Å². The van der Waals surface area contributed by atoms with E-state index in [1.165, 1.54) is 4.90 Å². The van der Waals surface area contributed by atoms with E-state index in [1.807, 2.05) is 124 Å². The molecule has 0 spiro atoms. The molecule has 0 unspecified atom stereocenters. The van der Waals surface area contributed by atoms with Gasteiger partial charge in [-0.05, 0) is 58.9 Å². The van der Waals surface area contributed by atoms with Crippen LogP contribution in [0, 0.1) is 11.8 Å². The van der Waals surface area contributed by atoms with Crippen LogP contribution in [0.2, 0.25) is 0 Å². The molecule has 7 N–H and O–H groups in total. The fraction of sp³-hybridized carbons (Fsp3) is 0.417. The highest BCUT2D eigenvalue weighted by Crippen LogP contribution is 2.44. The van der Waals surface area contributed by atoms with Gasteiger partial charge in [-0.15, -0.1) is 0 Å². The first-order valence-corrected chi connectivity index (χ1v) is 21.3. The number of benzene rings is 4. The first-order valence-electron chi connectivity index (χ1n) is 21.3. The number of carbonyl (C=O) groups is 4. The number of ether oxygens (including phenoxy) is 1. The van der Waals surface area contributed by atoms with Crippen LogP contribution in [0.3, 0.4) is 0 Å². The molecular formula is C48H60N6O7. The van der Waals surface area contributed by atoms with E-state index in [1.54, 1.807) is 13.1 Å². The number of aliphatic hydroxyl groups excluding tert-OH is 2. The van der Waals surface area contributed by atoms with Gasteiger partial charge in [0.25, 0.3) is 0 Å². The van der Waals surface area contributed by atoms with Crippen molar-refractivity contribution in [2.24, 2.45) is 17.6 Å². The zero-order chi connectivity index (χ0) is 43.8. The molecule has 0 radical (unpaired) electrons. The Labute approximate surface area is 358 Å². The number of hydrogen-bond donors (Lipinski definition) is 6. The summed E-state index contributed by atoms with van der Waals surface area (Å²) in [6.45, 7) is 9.29. The largest absolute Gasteiger partial charge is 0.449 e. The van der Waals surface area contributed by atoms with Crippen LogP contribution in [0.1, 0.15) is 77.3 Å². The molecular weight excluding hydrogens is 773 g/mol. The fourth-order valence-electron chi connectivity index (χ4n) is 8.32. The van der Waals surface area contributed by atoms with Crippen molar-refractivity contribution in [3.8, 4) is 11.1 Å². The molecule has 1 aliphatic carbocycles. The lowest BCUT2D eigenvalue weighted by molar-refractivity contribution is -0.129. The van der Waals surface area contributed by atoms with Gasteiger partial charge in [-0.3, -0.25) is 19.3 Å². The summed E-state index contributed by atoms with van der Waals surface area (Å²) in [4.78, 5) is 58.4. The maximum Gasteiger partial charge on any atom is 0.407 e. The Bertz CT molecular complexity index is 2170. The topological polar surface area (TPSA) is 187 Å². The third kappa shape index (κ3) is 10.6. The van der Waals surface area contributed by atoms with Crippen molar-refractivity contribution in [3.63, 3.8) is 0 Å². The summed E-state index contributed by atoms with van der Waals surface area (Å²) in [7, 11) is 0. The van der Waals surface area contributed by atoms with Gasteiger partial charge in [0, 0.05) is 29.6 Å². The quantitative estimate of drug-likeness (QED) is 0.0728. The van der Waals surface area contributed by atoms with E-state index >= 15 is 0 Å². The minimum atomic E-state index is -1.28. The van der Waals surface area contributed by atoms with Crippen LogP contribution in [-0.2, 0) is 19.1 Å². The summed E-state index contributed by atoms with van der Waals surface area (Å²) >= 11 is 0. The summed E-state index contributed by atoms with van der Waals surface area (Å²) in [6.07, 6.45) is 0.240. The monoisotopic (exact) mass is 832 g/mol. The summed E-state index contributed by atoms with van der Waals surface area (Å²) < 4.78 is 5.92. The molecule has 61 heavy (non-hydrogen) atoms. The first kappa shape index (κ1) is 44.8. The number of nitrogens with two attached hydrogens (primary N) is 1. The number of carbonyl (C=O) groups excluding carboxylic acids is 4. The number of nitrogens with zero attached hydrogens (tertiary/aromatic N) is 2. The highest BCUT2D eigenvalue weighted by molar-refractivity contribution is 5.96. The SMILES string of the molecule is CC[C@H](C)[C@@H](CO)NC(=O)C[C@H](O)[C@H](CC(C)C)NC(=O)[C@H](CC1=CN(C(=O)[C@H](C)N)CN1c1cccc2ccccc12)NC(=O)OCC1c2ccccc2-c2ccccc21. The molecule has 0 aromatic heterocycles. The van der Waals surface area contributed by atoms with Gasteiger partial charge >= 0.3 is 6.09 Å². The van der Waals surface area contributed by atoms with Crippen LogP contribution >= 0.6 is 0 Å². The Balaban J connectivity index is 1.28. The molecule has 1 aliphatic heterocycles. The van der Waals surface area contributed by atoms with Crippen LogP contribution in [0.5, 0.6) is 0 Å². The Kier molecular flexibility index (Phi) is 14.8. The number of fused-ring (bicyclic) bond motifs is 4. The Morgan fingerprint density at radius 2 is 1.48 bits per heavy atom. The first-order chi connectivity index (χ1) is 29.3. The lowest BCUT2D eigenvalue weighted by atomic mass is 9.95. The van der Waals surface area contributed by atoms with Crippen LogP contribution in [0.25, 0.3) is 21.9 Å². The molecule has 324 valence electrons. The molecule has 13 heteroatoms. The van der Waals surface area contributed by atoms with Crippen molar-refractivity contribution in [2.45, 2.75) is 96.5 Å². The van der Waals surface area contributed by atoms with Crippen molar-refractivity contribution in [1.82, 2.24) is 20.9 Å². The van der Waals surface area contributed by atoms with Crippen molar-refractivity contribution in [3.05, 3.63) is 114 Å². The van der Waals surface area contributed by atoms with E-state index in [4.69, 9.17) is 10.5 Å². The van der Waals surface area contributed by atoms with E-state index < -0.39 is 48.2 Å². The van der Waals surface area contributed by atoms with Gasteiger partial charge < -0.3 is 41.5 Å². The van der Waals surface area contributed by atoms with E-state index in [9.17, 15) is 29.4 Å². The molecule has 4 aromatic rings. The van der Waals surface area contributed by atoms with Crippen LogP contribution < -0.4 is 26.6 Å². The number of alkyl carbamates (subject to hydrolysis) is 1. The maximum absolute atomic E-state index is 14.6. The molecule has 0 saturated carbocycles. The lowest BCUT2D eigenvalue weighted by Gasteiger charge is -2.30. The second-order valence-electron chi connectivity index (χ2n) is 16.8. The van der Waals surface area contributed by atoms with Gasteiger partial charge in [0.2, 0.25) is 17.7 Å². The average molecular weight is 833 g/mol. The summed E-state index contributed by atoms with van der Waals surface area (Å²) in [5, 5.41) is 31.9. The van der Waals surface area contributed by atoms with Crippen LogP contribution in [-0.4, -0.2) is 89.1 Å². The Hall–Kier alpha value is -5.76. The zero-order valence-corrected chi connectivity index (χ0v) is 35.7. The number of aliphatic hydroxyl groups is 2. The third-order valence-electron chi connectivity index (χ3n) is 11.8. The lowest BCUT2D eigenvalue weighted by Crippen LogP contribution is -2.54. The molecule has 13 nitrogen and oxygen atoms in total. The van der Waals surface area contributed by atoms with Gasteiger partial charge in [0.05, 0.1) is 42.9 Å². The average Bonchev–Trinajstić information content (AvgIpc) is 3.82. The minimum absolute atomic E-state index is 0.0130. The second-order valence-corrected chi connectivity index (χ2v) is 16.8. The molecule has 0 bridgehead atoms. The smallest absolute Gasteiger partial charge is 0.407 e. The minimum Gasteiger partial charge on any atom is -0.449 e. The number of amides is 4. The zero-order valence-electron chi connectivity index (χ0n) is 35.7. The second kappa shape index (κ2) is 20.2. The van der Waals surface area contributed by atoms with Gasteiger partial charge in [-0.2, -0.15) is 0 Å². The molecule has 0 saturated heterocycles. The standard InChI is InChI=1S/C48H60N6O7/c1-6-30(4)42(26-55)50-45(57)24-44(56)40(22-29(2)3)51-46(58)41(52-48(60)61-27-39-37-19-11-9-17-35(37)36-18-10-12-20-38(36)39)23-33-25-53(47(59)31(5)49)28-54(33)43-21-13-15-32-14-7-8-16-34(32)43/h7-21,25,29-31,39-42,44,55-56H,6,22-24,26-28,49H2,1-5H3,(H,50,57)(H,51,58)(H,52,60)/t30-,31-,40-,41-,42+,44-/m0/s1.